The molecule has 2 saturated heterocycles. The molecule has 24 heavy (non-hydrogen) atoms. The predicted octanol–water partition coefficient (Wildman–Crippen LogP) is 2.73. The van der Waals surface area contributed by atoms with Crippen LogP contribution in [0, 0.1) is 13.8 Å². The van der Waals surface area contributed by atoms with Gasteiger partial charge in [-0.15, -0.1) is 0 Å². The molecule has 126 valence electrons. The minimum Gasteiger partial charge on any atom is -0.339 e. The smallest absolute Gasteiger partial charge is 0.225 e. The molecule has 0 N–H and O–H groups in total. The van der Waals surface area contributed by atoms with E-state index in [1.54, 1.807) is 0 Å². The summed E-state index contributed by atoms with van der Waals surface area (Å²) in [6, 6.07) is 6.33. The summed E-state index contributed by atoms with van der Waals surface area (Å²) in [6.07, 6.45) is 7.55. The molecule has 0 aliphatic carbocycles. The van der Waals surface area contributed by atoms with E-state index in [1.165, 1.54) is 25.0 Å². The lowest BCUT2D eigenvalue weighted by Gasteiger charge is -2.35. The molecule has 0 amide bonds. The van der Waals surface area contributed by atoms with Gasteiger partial charge in [0.05, 0.1) is 5.69 Å². The van der Waals surface area contributed by atoms with Crippen LogP contribution < -0.4 is 4.90 Å². The monoisotopic (exact) mass is 323 g/mol. The number of nitrogens with zero attached hydrogens (tertiary/aromatic N) is 5. The van der Waals surface area contributed by atoms with Crippen LogP contribution in [0.15, 0.2) is 30.6 Å². The number of hydrogen-bond donors (Lipinski definition) is 0. The van der Waals surface area contributed by atoms with Gasteiger partial charge in [-0.3, -0.25) is 9.88 Å². The fourth-order valence-corrected chi connectivity index (χ4v) is 4.16. The summed E-state index contributed by atoms with van der Waals surface area (Å²) in [5.74, 6) is 0.873. The molecule has 2 fully saturated rings. The Kier molecular flexibility index (Phi) is 3.96. The van der Waals surface area contributed by atoms with Gasteiger partial charge in [0.2, 0.25) is 5.95 Å². The molecule has 1 spiro atoms. The Morgan fingerprint density at radius 1 is 1.08 bits per heavy atom. The van der Waals surface area contributed by atoms with E-state index in [4.69, 9.17) is 4.98 Å². The van der Waals surface area contributed by atoms with E-state index >= 15 is 0 Å². The van der Waals surface area contributed by atoms with Crippen molar-refractivity contribution in [2.75, 3.05) is 24.5 Å². The fraction of sp³-hybridized carbons (Fsp3) is 0.526. The van der Waals surface area contributed by atoms with Crippen LogP contribution in [-0.4, -0.2) is 45.0 Å². The second-order valence-corrected chi connectivity index (χ2v) is 7.25. The van der Waals surface area contributed by atoms with Gasteiger partial charge in [-0.2, -0.15) is 0 Å². The summed E-state index contributed by atoms with van der Waals surface area (Å²) in [4.78, 5) is 18.7. The molecule has 0 unspecified atom stereocenters. The van der Waals surface area contributed by atoms with Gasteiger partial charge in [-0.25, -0.2) is 9.97 Å². The van der Waals surface area contributed by atoms with Crippen LogP contribution in [-0.2, 0) is 6.54 Å². The Balaban J connectivity index is 1.51. The average Bonchev–Trinajstić information content (AvgIpc) is 3.17. The van der Waals surface area contributed by atoms with Crippen molar-refractivity contribution in [2.24, 2.45) is 0 Å². The Hall–Kier alpha value is -2.01. The molecule has 4 rings (SSSR count). The van der Waals surface area contributed by atoms with Crippen molar-refractivity contribution in [3.05, 3.63) is 47.5 Å². The second-order valence-electron chi connectivity index (χ2n) is 7.25. The normalized spacial score (nSPS) is 24.2. The fourth-order valence-electron chi connectivity index (χ4n) is 4.16. The first kappa shape index (κ1) is 15.5. The Morgan fingerprint density at radius 3 is 2.71 bits per heavy atom. The molecular formula is C19H25N5. The second kappa shape index (κ2) is 6.13. The topological polar surface area (TPSA) is 45.2 Å². The standard InChI is InChI=1S/C19H25N5/c1-15-11-20-18(21-12-15)23-10-8-19(14-23)7-4-9-24(19)13-17-6-3-5-16(2)22-17/h3,5-6,11-12H,4,7-10,13-14H2,1-2H3/t19-/m1/s1. The summed E-state index contributed by atoms with van der Waals surface area (Å²) < 4.78 is 0. The summed E-state index contributed by atoms with van der Waals surface area (Å²) in [5, 5.41) is 0. The van der Waals surface area contributed by atoms with Crippen molar-refractivity contribution in [3.63, 3.8) is 0 Å². The maximum Gasteiger partial charge on any atom is 0.225 e. The van der Waals surface area contributed by atoms with E-state index in [0.29, 0.717) is 0 Å². The lowest BCUT2D eigenvalue weighted by molar-refractivity contribution is 0.148. The van der Waals surface area contributed by atoms with Gasteiger partial charge in [0, 0.05) is 43.3 Å². The molecule has 2 aliphatic heterocycles. The van der Waals surface area contributed by atoms with E-state index in [0.717, 1.165) is 43.4 Å². The zero-order valence-corrected chi connectivity index (χ0v) is 14.6. The van der Waals surface area contributed by atoms with Crippen LogP contribution in [0.1, 0.15) is 36.2 Å². The summed E-state index contributed by atoms with van der Waals surface area (Å²) in [7, 11) is 0. The third-order valence-electron chi connectivity index (χ3n) is 5.42. The van der Waals surface area contributed by atoms with Crippen molar-refractivity contribution >= 4 is 5.95 Å². The highest BCUT2D eigenvalue weighted by atomic mass is 15.3. The maximum absolute atomic E-state index is 4.70. The molecule has 5 heteroatoms. The zero-order chi connectivity index (χ0) is 16.6. The van der Waals surface area contributed by atoms with Crippen molar-refractivity contribution in [1.82, 2.24) is 19.9 Å². The summed E-state index contributed by atoms with van der Waals surface area (Å²) in [6.45, 7) is 8.28. The molecule has 2 aromatic heterocycles. The molecule has 0 saturated carbocycles. The highest BCUT2D eigenvalue weighted by Gasteiger charge is 2.46. The Morgan fingerprint density at radius 2 is 1.92 bits per heavy atom. The molecule has 1 atom stereocenters. The van der Waals surface area contributed by atoms with Crippen LogP contribution in [0.5, 0.6) is 0 Å². The number of aromatic nitrogens is 3. The molecule has 0 aromatic carbocycles. The van der Waals surface area contributed by atoms with Gasteiger partial charge in [0.15, 0.2) is 0 Å². The quantitative estimate of drug-likeness (QED) is 0.869. The largest absolute Gasteiger partial charge is 0.339 e. The first-order valence-corrected chi connectivity index (χ1v) is 8.86. The Labute approximate surface area is 143 Å². The molecule has 2 aromatic rings. The van der Waals surface area contributed by atoms with E-state index in [-0.39, 0.29) is 5.54 Å². The van der Waals surface area contributed by atoms with Gasteiger partial charge in [-0.1, -0.05) is 6.07 Å². The van der Waals surface area contributed by atoms with E-state index in [1.807, 2.05) is 19.3 Å². The molecule has 5 nitrogen and oxygen atoms in total. The van der Waals surface area contributed by atoms with Crippen LogP contribution >= 0.6 is 0 Å². The molecular weight excluding hydrogens is 298 g/mol. The van der Waals surface area contributed by atoms with Crippen LogP contribution in [0.25, 0.3) is 0 Å². The SMILES string of the molecule is Cc1cnc(N2CC[C@]3(CCCN3Cc3cccc(C)n3)C2)nc1. The van der Waals surface area contributed by atoms with Crippen LogP contribution in [0.2, 0.25) is 0 Å². The van der Waals surface area contributed by atoms with Crippen molar-refractivity contribution < 1.29 is 0 Å². The maximum atomic E-state index is 4.70. The molecule has 0 bridgehead atoms. The van der Waals surface area contributed by atoms with E-state index < -0.39 is 0 Å². The van der Waals surface area contributed by atoms with Gasteiger partial charge in [0.1, 0.15) is 0 Å². The van der Waals surface area contributed by atoms with Gasteiger partial charge in [-0.05, 0) is 57.4 Å². The minimum atomic E-state index is 0.264. The summed E-state index contributed by atoms with van der Waals surface area (Å²) >= 11 is 0. The van der Waals surface area contributed by atoms with Crippen molar-refractivity contribution in [3.8, 4) is 0 Å². The lowest BCUT2D eigenvalue weighted by atomic mass is 9.95. The number of likely N-dealkylation sites (tertiary alicyclic amines) is 1. The number of hydrogen-bond acceptors (Lipinski definition) is 5. The van der Waals surface area contributed by atoms with Gasteiger partial charge in [0.25, 0.3) is 0 Å². The molecule has 4 heterocycles. The first-order chi connectivity index (χ1) is 11.6. The lowest BCUT2D eigenvalue weighted by Crippen LogP contribution is -2.45. The van der Waals surface area contributed by atoms with Crippen LogP contribution in [0.4, 0.5) is 5.95 Å². The van der Waals surface area contributed by atoms with Crippen molar-refractivity contribution in [1.29, 1.82) is 0 Å². The summed E-state index contributed by atoms with van der Waals surface area (Å²) in [5.41, 5.74) is 3.66. The van der Waals surface area contributed by atoms with E-state index in [2.05, 4.69) is 44.9 Å². The molecule has 2 aliphatic rings. The predicted molar refractivity (Wildman–Crippen MR) is 94.9 cm³/mol. The zero-order valence-electron chi connectivity index (χ0n) is 14.6. The highest BCUT2D eigenvalue weighted by molar-refractivity contribution is 5.34. The number of aryl methyl sites for hydroxylation is 2. The average molecular weight is 323 g/mol. The third-order valence-corrected chi connectivity index (χ3v) is 5.42. The number of pyridine rings is 1. The van der Waals surface area contributed by atoms with E-state index in [9.17, 15) is 0 Å². The first-order valence-electron chi connectivity index (χ1n) is 8.86. The Bertz CT molecular complexity index is 714. The van der Waals surface area contributed by atoms with Gasteiger partial charge < -0.3 is 4.90 Å². The van der Waals surface area contributed by atoms with Gasteiger partial charge >= 0.3 is 0 Å². The number of rotatable bonds is 3. The number of anilines is 1. The highest BCUT2D eigenvalue weighted by Crippen LogP contribution is 2.39. The minimum absolute atomic E-state index is 0.264. The third kappa shape index (κ3) is 2.88. The molecule has 0 radical (unpaired) electrons. The van der Waals surface area contributed by atoms with Crippen molar-refractivity contribution in [2.45, 2.75) is 45.2 Å². The van der Waals surface area contributed by atoms with Crippen LogP contribution in [0.3, 0.4) is 0 Å².